The van der Waals surface area contributed by atoms with Gasteiger partial charge in [-0.25, -0.2) is 13.4 Å². The van der Waals surface area contributed by atoms with Crippen LogP contribution in [0.4, 0.5) is 0 Å². The molecule has 4 rings (SSSR count). The molecule has 1 aliphatic carbocycles. The van der Waals surface area contributed by atoms with E-state index in [1.807, 2.05) is 0 Å². The van der Waals surface area contributed by atoms with Crippen molar-refractivity contribution in [3.05, 3.63) is 12.5 Å². The van der Waals surface area contributed by atoms with Crippen molar-refractivity contribution in [2.45, 2.75) is 48.8 Å². The molecule has 134 valence electrons. The highest BCUT2D eigenvalue weighted by molar-refractivity contribution is 7.89. The molecule has 3 fully saturated rings. The van der Waals surface area contributed by atoms with Crippen LogP contribution >= 0.6 is 0 Å². The van der Waals surface area contributed by atoms with Crippen LogP contribution in [0.1, 0.15) is 32.1 Å². The molecule has 2 aliphatic heterocycles. The van der Waals surface area contributed by atoms with E-state index >= 15 is 0 Å². The van der Waals surface area contributed by atoms with Crippen LogP contribution in [0.2, 0.25) is 0 Å². The number of nitrogens with zero attached hydrogens (tertiary/aromatic N) is 3. The third kappa shape index (κ3) is 3.24. The van der Waals surface area contributed by atoms with Crippen molar-refractivity contribution in [2.75, 3.05) is 26.3 Å². The second-order valence-corrected chi connectivity index (χ2v) is 9.30. The van der Waals surface area contributed by atoms with Crippen molar-refractivity contribution >= 4 is 10.0 Å². The Labute approximate surface area is 143 Å². The molecule has 0 radical (unpaired) electrons. The molecule has 1 saturated carbocycles. The van der Waals surface area contributed by atoms with E-state index in [0.29, 0.717) is 19.7 Å². The number of sulfonamides is 1. The van der Waals surface area contributed by atoms with Gasteiger partial charge in [-0.2, -0.15) is 4.31 Å². The molecule has 7 nitrogen and oxygen atoms in total. The van der Waals surface area contributed by atoms with Gasteiger partial charge in [0.05, 0.1) is 24.6 Å². The molecule has 2 atom stereocenters. The molecule has 0 unspecified atom stereocenters. The van der Waals surface area contributed by atoms with Crippen molar-refractivity contribution in [1.82, 2.24) is 13.9 Å². The minimum Gasteiger partial charge on any atom is -0.375 e. The fraction of sp³-hybridized carbons (Fsp3) is 0.812. The SMILES string of the molecule is Cn1cnc(S(=O)(=O)N2CCC[C@@]3(C[C@@H](OCC4CC4)CO3)C2)c1. The van der Waals surface area contributed by atoms with Gasteiger partial charge in [-0.3, -0.25) is 0 Å². The number of aromatic nitrogens is 2. The minimum absolute atomic E-state index is 0.100. The zero-order chi connectivity index (χ0) is 16.8. The summed E-state index contributed by atoms with van der Waals surface area (Å²) in [5.74, 6) is 0.730. The molecular weight excluding hydrogens is 330 g/mol. The number of imidazole rings is 1. The van der Waals surface area contributed by atoms with Gasteiger partial charge in [0.15, 0.2) is 5.03 Å². The summed E-state index contributed by atoms with van der Waals surface area (Å²) >= 11 is 0. The monoisotopic (exact) mass is 355 g/mol. The van der Waals surface area contributed by atoms with E-state index in [0.717, 1.165) is 31.8 Å². The summed E-state index contributed by atoms with van der Waals surface area (Å²) in [6, 6.07) is 0. The van der Waals surface area contributed by atoms with Gasteiger partial charge >= 0.3 is 0 Å². The predicted octanol–water partition coefficient (Wildman–Crippen LogP) is 1.16. The quantitative estimate of drug-likeness (QED) is 0.792. The maximum Gasteiger partial charge on any atom is 0.262 e. The first kappa shape index (κ1) is 16.5. The van der Waals surface area contributed by atoms with Gasteiger partial charge in [-0.15, -0.1) is 0 Å². The van der Waals surface area contributed by atoms with Crippen LogP contribution in [0.15, 0.2) is 17.6 Å². The van der Waals surface area contributed by atoms with Crippen LogP contribution in [-0.2, 0) is 26.5 Å². The Morgan fingerprint density at radius 2 is 2.29 bits per heavy atom. The zero-order valence-corrected chi connectivity index (χ0v) is 14.9. The molecule has 0 N–H and O–H groups in total. The average molecular weight is 355 g/mol. The van der Waals surface area contributed by atoms with E-state index < -0.39 is 15.6 Å². The number of hydrogen-bond acceptors (Lipinski definition) is 5. The van der Waals surface area contributed by atoms with E-state index in [9.17, 15) is 8.42 Å². The van der Waals surface area contributed by atoms with Crippen LogP contribution in [0.3, 0.4) is 0 Å². The molecule has 24 heavy (non-hydrogen) atoms. The third-order valence-electron chi connectivity index (χ3n) is 5.23. The maximum absolute atomic E-state index is 12.8. The summed E-state index contributed by atoms with van der Waals surface area (Å²) in [6.07, 6.45) is 8.19. The van der Waals surface area contributed by atoms with Gasteiger partial charge in [0, 0.05) is 39.4 Å². The smallest absolute Gasteiger partial charge is 0.262 e. The first-order chi connectivity index (χ1) is 11.5. The Morgan fingerprint density at radius 1 is 1.46 bits per heavy atom. The highest BCUT2D eigenvalue weighted by atomic mass is 32.2. The minimum atomic E-state index is -3.56. The van der Waals surface area contributed by atoms with Gasteiger partial charge in [0.2, 0.25) is 0 Å². The second-order valence-electron chi connectivity index (χ2n) is 7.42. The lowest BCUT2D eigenvalue weighted by atomic mass is 9.90. The van der Waals surface area contributed by atoms with Crippen LogP contribution in [-0.4, -0.2) is 60.3 Å². The van der Waals surface area contributed by atoms with Gasteiger partial charge in [-0.1, -0.05) is 0 Å². The lowest BCUT2D eigenvalue weighted by molar-refractivity contribution is -0.0357. The van der Waals surface area contributed by atoms with Crippen LogP contribution in [0.5, 0.6) is 0 Å². The molecular formula is C16H25N3O4S. The summed E-state index contributed by atoms with van der Waals surface area (Å²) in [4.78, 5) is 4.02. The molecule has 1 spiro atoms. The number of aryl methyl sites for hydroxylation is 1. The predicted molar refractivity (Wildman–Crippen MR) is 87.0 cm³/mol. The van der Waals surface area contributed by atoms with Gasteiger partial charge in [0.25, 0.3) is 10.0 Å². The third-order valence-corrected chi connectivity index (χ3v) is 6.96. The van der Waals surface area contributed by atoms with E-state index in [2.05, 4.69) is 4.98 Å². The van der Waals surface area contributed by atoms with Crippen molar-refractivity contribution < 1.29 is 17.9 Å². The van der Waals surface area contributed by atoms with Crippen molar-refractivity contribution in [3.8, 4) is 0 Å². The van der Waals surface area contributed by atoms with Crippen molar-refractivity contribution in [3.63, 3.8) is 0 Å². The Kier molecular flexibility index (Phi) is 4.19. The van der Waals surface area contributed by atoms with E-state index in [1.165, 1.54) is 23.5 Å². The summed E-state index contributed by atoms with van der Waals surface area (Å²) in [7, 11) is -1.79. The van der Waals surface area contributed by atoms with Gasteiger partial charge in [0.1, 0.15) is 0 Å². The van der Waals surface area contributed by atoms with Gasteiger partial charge in [-0.05, 0) is 31.6 Å². The number of ether oxygens (including phenoxy) is 2. The largest absolute Gasteiger partial charge is 0.375 e. The molecule has 2 saturated heterocycles. The zero-order valence-electron chi connectivity index (χ0n) is 14.1. The Hall–Kier alpha value is -0.960. The number of rotatable bonds is 5. The fourth-order valence-corrected chi connectivity index (χ4v) is 5.19. The summed E-state index contributed by atoms with van der Waals surface area (Å²) < 4.78 is 40.8. The molecule has 0 bridgehead atoms. The standard InChI is InChI=1S/C16H25N3O4S/c1-18-8-15(17-12-18)24(20,21)19-6-2-5-16(11-19)7-14(10-23-16)22-9-13-3-4-13/h8,12-14H,2-7,9-11H2,1H3/t14-,16-/m1/s1. The van der Waals surface area contributed by atoms with Crippen LogP contribution in [0, 0.1) is 5.92 Å². The van der Waals surface area contributed by atoms with E-state index in [4.69, 9.17) is 9.47 Å². The fourth-order valence-electron chi connectivity index (χ4n) is 3.67. The molecule has 1 aromatic rings. The van der Waals surface area contributed by atoms with Crippen LogP contribution < -0.4 is 0 Å². The van der Waals surface area contributed by atoms with Gasteiger partial charge < -0.3 is 14.0 Å². The van der Waals surface area contributed by atoms with E-state index in [-0.39, 0.29) is 11.1 Å². The van der Waals surface area contributed by atoms with Crippen molar-refractivity contribution in [1.29, 1.82) is 0 Å². The maximum atomic E-state index is 12.8. The van der Waals surface area contributed by atoms with Crippen molar-refractivity contribution in [2.24, 2.45) is 13.0 Å². The summed E-state index contributed by atoms with van der Waals surface area (Å²) in [5.41, 5.74) is -0.395. The number of hydrogen-bond donors (Lipinski definition) is 0. The van der Waals surface area contributed by atoms with Crippen LogP contribution in [0.25, 0.3) is 0 Å². The Morgan fingerprint density at radius 3 is 3.00 bits per heavy atom. The molecule has 1 aromatic heterocycles. The highest BCUT2D eigenvalue weighted by Gasteiger charge is 2.47. The molecule has 0 aromatic carbocycles. The Bertz CT molecular complexity index is 700. The lowest BCUT2D eigenvalue weighted by Gasteiger charge is -2.38. The average Bonchev–Trinajstić information content (AvgIpc) is 3.16. The normalized spacial score (nSPS) is 31.8. The van der Waals surface area contributed by atoms with E-state index in [1.54, 1.807) is 17.8 Å². The topological polar surface area (TPSA) is 73.7 Å². The second kappa shape index (κ2) is 6.09. The molecule has 3 aliphatic rings. The molecule has 0 amide bonds. The Balaban J connectivity index is 1.43. The molecule has 8 heteroatoms. The first-order valence-electron chi connectivity index (χ1n) is 8.71. The molecule has 3 heterocycles. The lowest BCUT2D eigenvalue weighted by Crippen LogP contribution is -2.50. The highest BCUT2D eigenvalue weighted by Crippen LogP contribution is 2.38. The number of piperidine rings is 1. The summed E-state index contributed by atoms with van der Waals surface area (Å²) in [6.45, 7) is 2.32. The first-order valence-corrected chi connectivity index (χ1v) is 10.1. The summed E-state index contributed by atoms with van der Waals surface area (Å²) in [5, 5.41) is 0.113.